The molecule has 0 unspecified atom stereocenters. The third-order valence-corrected chi connectivity index (χ3v) is 2.09. The van der Waals surface area contributed by atoms with Crippen molar-refractivity contribution in [1.29, 1.82) is 0 Å². The van der Waals surface area contributed by atoms with Crippen LogP contribution in [0.4, 0.5) is 0 Å². The third kappa shape index (κ3) is 3.59. The molecule has 82 valence electrons. The molecule has 0 saturated carbocycles. The maximum absolute atomic E-state index is 11.5. The molecule has 0 atom stereocenters. The lowest BCUT2D eigenvalue weighted by atomic mass is 10.1. The number of benzene rings is 1. The first-order valence-electron chi connectivity index (χ1n) is 5.08. The zero-order valence-electron chi connectivity index (χ0n) is 9.13. The summed E-state index contributed by atoms with van der Waals surface area (Å²) in [5.74, 6) is 0.130. The van der Waals surface area contributed by atoms with Gasteiger partial charge in [0.1, 0.15) is 0 Å². The van der Waals surface area contributed by atoms with Gasteiger partial charge < -0.3 is 0 Å². The van der Waals surface area contributed by atoms with Crippen LogP contribution < -0.4 is 0 Å². The summed E-state index contributed by atoms with van der Waals surface area (Å²) in [5.41, 5.74) is 9.75. The van der Waals surface area contributed by atoms with E-state index < -0.39 is 0 Å². The van der Waals surface area contributed by atoms with Crippen LogP contribution in [0.2, 0.25) is 0 Å². The second-order valence-electron chi connectivity index (χ2n) is 3.22. The number of azide groups is 1. The second kappa shape index (κ2) is 6.43. The minimum atomic E-state index is 0.130. The first-order chi connectivity index (χ1) is 7.77. The first-order valence-corrected chi connectivity index (χ1v) is 5.08. The van der Waals surface area contributed by atoms with Crippen molar-refractivity contribution in [2.45, 2.75) is 13.3 Å². The summed E-state index contributed by atoms with van der Waals surface area (Å²) < 4.78 is 0. The van der Waals surface area contributed by atoms with E-state index in [0.29, 0.717) is 18.5 Å². The van der Waals surface area contributed by atoms with Crippen molar-refractivity contribution in [3.63, 3.8) is 0 Å². The Hall–Kier alpha value is -2.06. The number of ketones is 1. The Morgan fingerprint density at radius 3 is 3.06 bits per heavy atom. The molecule has 0 fully saturated rings. The summed E-state index contributed by atoms with van der Waals surface area (Å²) in [7, 11) is 0. The molecule has 0 amide bonds. The molecule has 0 heterocycles. The minimum Gasteiger partial charge on any atom is -0.294 e. The zero-order valence-corrected chi connectivity index (χ0v) is 9.13. The van der Waals surface area contributed by atoms with Crippen molar-refractivity contribution in [3.8, 4) is 0 Å². The number of carbonyl (C=O) groups excluding carboxylic acids is 1. The minimum absolute atomic E-state index is 0.130. The van der Waals surface area contributed by atoms with Crippen LogP contribution in [0.15, 0.2) is 35.5 Å². The largest absolute Gasteiger partial charge is 0.294 e. The monoisotopic (exact) mass is 215 g/mol. The Morgan fingerprint density at radius 2 is 2.38 bits per heavy atom. The average molecular weight is 215 g/mol. The van der Waals surface area contributed by atoms with E-state index in [1.54, 1.807) is 12.1 Å². The van der Waals surface area contributed by atoms with E-state index in [-0.39, 0.29) is 5.78 Å². The van der Waals surface area contributed by atoms with Crippen molar-refractivity contribution in [3.05, 3.63) is 51.9 Å². The molecule has 16 heavy (non-hydrogen) atoms. The van der Waals surface area contributed by atoms with Crippen LogP contribution in [0.3, 0.4) is 0 Å². The van der Waals surface area contributed by atoms with Gasteiger partial charge in [0.2, 0.25) is 0 Å². The fraction of sp³-hybridized carbons (Fsp3) is 0.250. The first kappa shape index (κ1) is 12.0. The molecule has 0 bridgehead atoms. The molecule has 0 aromatic heterocycles. The summed E-state index contributed by atoms with van der Waals surface area (Å²) in [5, 5.41) is 3.39. The number of hydrogen-bond donors (Lipinski definition) is 0. The lowest BCUT2D eigenvalue weighted by Gasteiger charge is -1.99. The van der Waals surface area contributed by atoms with Gasteiger partial charge >= 0.3 is 0 Å². The van der Waals surface area contributed by atoms with E-state index in [1.165, 1.54) is 0 Å². The predicted molar refractivity (Wildman–Crippen MR) is 64.1 cm³/mol. The molecular formula is C12H13N3O. The quantitative estimate of drug-likeness (QED) is 0.320. The zero-order chi connectivity index (χ0) is 11.8. The second-order valence-corrected chi connectivity index (χ2v) is 3.22. The van der Waals surface area contributed by atoms with Gasteiger partial charge in [-0.3, -0.25) is 4.79 Å². The topological polar surface area (TPSA) is 65.8 Å². The van der Waals surface area contributed by atoms with Gasteiger partial charge in [-0.15, -0.1) is 0 Å². The molecular weight excluding hydrogens is 202 g/mol. The Bertz CT molecular complexity index is 445. The highest BCUT2D eigenvalue weighted by Crippen LogP contribution is 2.09. The Morgan fingerprint density at radius 1 is 1.56 bits per heavy atom. The van der Waals surface area contributed by atoms with E-state index in [1.807, 2.05) is 31.2 Å². The molecule has 0 aliphatic rings. The summed E-state index contributed by atoms with van der Waals surface area (Å²) >= 11 is 0. The smallest absolute Gasteiger partial charge is 0.162 e. The molecule has 1 rings (SSSR count). The van der Waals surface area contributed by atoms with Gasteiger partial charge in [0.05, 0.1) is 0 Å². The van der Waals surface area contributed by atoms with Crippen molar-refractivity contribution < 1.29 is 4.79 Å². The fourth-order valence-corrected chi connectivity index (χ4v) is 1.29. The van der Waals surface area contributed by atoms with Crippen LogP contribution in [0, 0.1) is 0 Å². The maximum Gasteiger partial charge on any atom is 0.162 e. The van der Waals surface area contributed by atoms with E-state index in [4.69, 9.17) is 5.53 Å². The van der Waals surface area contributed by atoms with E-state index in [0.717, 1.165) is 5.56 Å². The highest BCUT2D eigenvalue weighted by molar-refractivity contribution is 5.96. The van der Waals surface area contributed by atoms with Crippen molar-refractivity contribution >= 4 is 11.9 Å². The Kier molecular flexibility index (Phi) is 4.83. The molecule has 1 aromatic carbocycles. The normalized spacial score (nSPS) is 10.1. The average Bonchev–Trinajstić information content (AvgIpc) is 2.34. The Labute approximate surface area is 94.2 Å². The molecule has 0 aliphatic heterocycles. The van der Waals surface area contributed by atoms with Crippen LogP contribution in [0.25, 0.3) is 16.5 Å². The number of rotatable bonds is 5. The van der Waals surface area contributed by atoms with Gasteiger partial charge in [-0.05, 0) is 17.2 Å². The molecule has 1 aromatic rings. The highest BCUT2D eigenvalue weighted by Gasteiger charge is 2.01. The SMILES string of the molecule is CCC(=O)c1cccc(C=CCN=[N+]=[N-])c1. The molecule has 0 aliphatic carbocycles. The maximum atomic E-state index is 11.5. The number of Topliss-reactive ketones (excluding diaryl/α,β-unsaturated/α-hetero) is 1. The van der Waals surface area contributed by atoms with Gasteiger partial charge in [0, 0.05) is 23.4 Å². The summed E-state index contributed by atoms with van der Waals surface area (Å²) in [6.07, 6.45) is 4.10. The fourth-order valence-electron chi connectivity index (χ4n) is 1.29. The lowest BCUT2D eigenvalue weighted by Crippen LogP contribution is -1.95. The molecule has 0 saturated heterocycles. The van der Waals surface area contributed by atoms with E-state index in [2.05, 4.69) is 10.0 Å². The van der Waals surface area contributed by atoms with Gasteiger partial charge in [0.25, 0.3) is 0 Å². The predicted octanol–water partition coefficient (Wildman–Crippen LogP) is 3.60. The van der Waals surface area contributed by atoms with Crippen LogP contribution >= 0.6 is 0 Å². The van der Waals surface area contributed by atoms with Gasteiger partial charge in [-0.2, -0.15) is 0 Å². The van der Waals surface area contributed by atoms with Gasteiger partial charge in [-0.1, -0.05) is 42.4 Å². The Balaban J connectivity index is 2.78. The van der Waals surface area contributed by atoms with Crippen LogP contribution in [0.5, 0.6) is 0 Å². The third-order valence-electron chi connectivity index (χ3n) is 2.09. The summed E-state index contributed by atoms with van der Waals surface area (Å²) in [6, 6.07) is 7.38. The van der Waals surface area contributed by atoms with Crippen LogP contribution in [-0.4, -0.2) is 12.3 Å². The highest BCUT2D eigenvalue weighted by atomic mass is 16.1. The molecule has 0 N–H and O–H groups in total. The van der Waals surface area contributed by atoms with E-state index >= 15 is 0 Å². The van der Waals surface area contributed by atoms with Crippen molar-refractivity contribution in [1.82, 2.24) is 0 Å². The van der Waals surface area contributed by atoms with Gasteiger partial charge in [-0.25, -0.2) is 0 Å². The molecule has 4 heteroatoms. The number of carbonyl (C=O) groups is 1. The van der Waals surface area contributed by atoms with Gasteiger partial charge in [0.15, 0.2) is 5.78 Å². The lowest BCUT2D eigenvalue weighted by molar-refractivity contribution is 0.0988. The molecule has 0 radical (unpaired) electrons. The summed E-state index contributed by atoms with van der Waals surface area (Å²) in [6.45, 7) is 2.16. The number of hydrogen-bond acceptors (Lipinski definition) is 2. The number of nitrogens with zero attached hydrogens (tertiary/aromatic N) is 3. The van der Waals surface area contributed by atoms with Crippen molar-refractivity contribution in [2.75, 3.05) is 6.54 Å². The molecule has 0 spiro atoms. The van der Waals surface area contributed by atoms with E-state index in [9.17, 15) is 4.79 Å². The van der Waals surface area contributed by atoms with Crippen molar-refractivity contribution in [2.24, 2.45) is 5.11 Å². The van der Waals surface area contributed by atoms with Crippen LogP contribution in [-0.2, 0) is 0 Å². The van der Waals surface area contributed by atoms with Crippen LogP contribution in [0.1, 0.15) is 29.3 Å². The summed E-state index contributed by atoms with van der Waals surface area (Å²) in [4.78, 5) is 14.1. The standard InChI is InChI=1S/C12H13N3O/c1-2-12(16)11-7-3-5-10(9-11)6-4-8-14-15-13/h3-7,9H,2,8H2,1H3. The molecule has 4 nitrogen and oxygen atoms in total.